The van der Waals surface area contributed by atoms with Crippen LogP contribution in [0.15, 0.2) is 35.6 Å². The summed E-state index contributed by atoms with van der Waals surface area (Å²) in [5, 5.41) is 11.3. The second-order valence-electron chi connectivity index (χ2n) is 6.73. The largest absolute Gasteiger partial charge is 0.416 e. The number of anilines is 1. The van der Waals surface area contributed by atoms with Crippen molar-refractivity contribution >= 4 is 11.6 Å². The van der Waals surface area contributed by atoms with Gasteiger partial charge in [-0.05, 0) is 32.0 Å². The van der Waals surface area contributed by atoms with Crippen molar-refractivity contribution in [3.63, 3.8) is 0 Å². The molecule has 0 unspecified atom stereocenters. The maximum Gasteiger partial charge on any atom is 0.416 e. The number of alkyl halides is 3. The first-order chi connectivity index (χ1) is 13.9. The summed E-state index contributed by atoms with van der Waals surface area (Å²) in [5.74, 6) is 1.58. The third-order valence-electron chi connectivity index (χ3n) is 4.86. The van der Waals surface area contributed by atoms with E-state index in [0.29, 0.717) is 38.4 Å². The van der Waals surface area contributed by atoms with Gasteiger partial charge in [-0.1, -0.05) is 6.07 Å². The summed E-state index contributed by atoms with van der Waals surface area (Å²) in [6.07, 6.45) is -2.65. The lowest BCUT2D eigenvalue weighted by Gasteiger charge is -2.37. The second kappa shape index (κ2) is 9.15. The SMILES string of the molecule is CCNC(=NCc1nncn1CC)N1CCN(c2cccc(C(F)(F)F)c2)CC1. The summed E-state index contributed by atoms with van der Waals surface area (Å²) in [6.45, 7) is 8.54. The Morgan fingerprint density at radius 2 is 1.93 bits per heavy atom. The molecule has 0 radical (unpaired) electrons. The maximum atomic E-state index is 13.0. The summed E-state index contributed by atoms with van der Waals surface area (Å²) in [5.41, 5.74) is -0.0233. The Kier molecular flexibility index (Phi) is 6.60. The normalized spacial score (nSPS) is 15.7. The van der Waals surface area contributed by atoms with Gasteiger partial charge in [0.05, 0.1) is 5.56 Å². The Morgan fingerprint density at radius 3 is 2.59 bits per heavy atom. The number of guanidine groups is 1. The second-order valence-corrected chi connectivity index (χ2v) is 6.73. The number of hydrogen-bond acceptors (Lipinski definition) is 4. The highest BCUT2D eigenvalue weighted by atomic mass is 19.4. The molecule has 2 aromatic rings. The highest BCUT2D eigenvalue weighted by molar-refractivity contribution is 5.80. The Hall–Kier alpha value is -2.78. The average Bonchev–Trinajstić information content (AvgIpc) is 3.18. The number of nitrogens with zero attached hydrogens (tertiary/aromatic N) is 6. The quantitative estimate of drug-likeness (QED) is 0.608. The molecule has 10 heteroatoms. The monoisotopic (exact) mass is 409 g/mol. The number of hydrogen-bond donors (Lipinski definition) is 1. The smallest absolute Gasteiger partial charge is 0.368 e. The van der Waals surface area contributed by atoms with E-state index >= 15 is 0 Å². The first kappa shape index (κ1) is 20.9. The Balaban J connectivity index is 1.65. The van der Waals surface area contributed by atoms with Crippen molar-refractivity contribution in [3.05, 3.63) is 42.0 Å². The molecular weight excluding hydrogens is 383 g/mol. The lowest BCUT2D eigenvalue weighted by Crippen LogP contribution is -2.52. The fraction of sp³-hybridized carbons (Fsp3) is 0.526. The molecule has 1 aliphatic rings. The molecule has 2 heterocycles. The molecule has 1 aliphatic heterocycles. The van der Waals surface area contributed by atoms with Crippen molar-refractivity contribution in [1.82, 2.24) is 25.0 Å². The van der Waals surface area contributed by atoms with E-state index in [1.165, 1.54) is 12.1 Å². The van der Waals surface area contributed by atoms with Gasteiger partial charge >= 0.3 is 6.18 Å². The number of rotatable bonds is 5. The first-order valence-corrected chi connectivity index (χ1v) is 9.74. The van der Waals surface area contributed by atoms with Gasteiger partial charge in [-0.15, -0.1) is 10.2 Å². The molecule has 7 nitrogen and oxygen atoms in total. The number of halogens is 3. The summed E-state index contributed by atoms with van der Waals surface area (Å²) in [7, 11) is 0. The van der Waals surface area contributed by atoms with Crippen LogP contribution in [0.25, 0.3) is 0 Å². The van der Waals surface area contributed by atoms with Gasteiger partial charge in [-0.2, -0.15) is 13.2 Å². The molecule has 0 aliphatic carbocycles. The predicted octanol–water partition coefficient (Wildman–Crippen LogP) is 2.60. The van der Waals surface area contributed by atoms with Gasteiger partial charge in [0.2, 0.25) is 0 Å². The third kappa shape index (κ3) is 5.18. The van der Waals surface area contributed by atoms with Gasteiger partial charge in [0.1, 0.15) is 12.9 Å². The van der Waals surface area contributed by atoms with E-state index in [1.807, 2.05) is 23.3 Å². The topological polar surface area (TPSA) is 61.6 Å². The van der Waals surface area contributed by atoms with E-state index in [9.17, 15) is 13.2 Å². The summed E-state index contributed by atoms with van der Waals surface area (Å²) >= 11 is 0. The van der Waals surface area contributed by atoms with Crippen molar-refractivity contribution in [1.29, 1.82) is 0 Å². The first-order valence-electron chi connectivity index (χ1n) is 9.74. The predicted molar refractivity (Wildman–Crippen MR) is 106 cm³/mol. The highest BCUT2D eigenvalue weighted by Crippen LogP contribution is 2.31. The number of benzene rings is 1. The van der Waals surface area contributed by atoms with Crippen molar-refractivity contribution in [3.8, 4) is 0 Å². The van der Waals surface area contributed by atoms with E-state index in [-0.39, 0.29) is 0 Å². The van der Waals surface area contributed by atoms with Gasteiger partial charge < -0.3 is 19.7 Å². The molecule has 3 rings (SSSR count). The molecule has 158 valence electrons. The Bertz CT molecular complexity index is 823. The lowest BCUT2D eigenvalue weighted by atomic mass is 10.1. The number of aryl methyl sites for hydroxylation is 1. The molecule has 1 fully saturated rings. The van der Waals surface area contributed by atoms with Crippen LogP contribution in [-0.2, 0) is 19.3 Å². The summed E-state index contributed by atoms with van der Waals surface area (Å²) < 4.78 is 40.9. The molecule has 0 atom stereocenters. The minimum Gasteiger partial charge on any atom is -0.368 e. The zero-order valence-corrected chi connectivity index (χ0v) is 16.7. The van der Waals surface area contributed by atoms with Gasteiger partial charge in [0, 0.05) is 45.0 Å². The van der Waals surface area contributed by atoms with E-state index in [2.05, 4.69) is 25.4 Å². The van der Waals surface area contributed by atoms with E-state index < -0.39 is 11.7 Å². The van der Waals surface area contributed by atoms with Crippen LogP contribution in [0.1, 0.15) is 25.2 Å². The highest BCUT2D eigenvalue weighted by Gasteiger charge is 2.31. The third-order valence-corrected chi connectivity index (χ3v) is 4.86. The number of aromatic nitrogens is 3. The number of aliphatic imine (C=N–C) groups is 1. The fourth-order valence-corrected chi connectivity index (χ4v) is 3.29. The van der Waals surface area contributed by atoms with Crippen LogP contribution in [0.2, 0.25) is 0 Å². The van der Waals surface area contributed by atoms with Crippen LogP contribution in [0, 0.1) is 0 Å². The number of piperazine rings is 1. The molecule has 1 N–H and O–H groups in total. The van der Waals surface area contributed by atoms with E-state index in [0.717, 1.165) is 30.9 Å². The average molecular weight is 409 g/mol. The fourth-order valence-electron chi connectivity index (χ4n) is 3.29. The van der Waals surface area contributed by atoms with E-state index in [1.54, 1.807) is 12.4 Å². The molecule has 29 heavy (non-hydrogen) atoms. The van der Waals surface area contributed by atoms with Crippen molar-refractivity contribution in [2.45, 2.75) is 33.1 Å². The minimum atomic E-state index is -4.33. The van der Waals surface area contributed by atoms with Crippen LogP contribution in [0.3, 0.4) is 0 Å². The summed E-state index contributed by atoms with van der Waals surface area (Å²) in [6, 6.07) is 5.50. The standard InChI is InChI=1S/C19H26F3N7/c1-3-23-18(24-13-17-26-25-14-27(17)4-2)29-10-8-28(9-11-29)16-7-5-6-15(12-16)19(20,21)22/h5-7,12,14H,3-4,8-11,13H2,1-2H3,(H,23,24). The molecule has 1 aromatic heterocycles. The lowest BCUT2D eigenvalue weighted by molar-refractivity contribution is -0.137. The summed E-state index contributed by atoms with van der Waals surface area (Å²) in [4.78, 5) is 8.77. The molecular formula is C19H26F3N7. The van der Waals surface area contributed by atoms with Crippen LogP contribution >= 0.6 is 0 Å². The molecule has 1 saturated heterocycles. The van der Waals surface area contributed by atoms with Gasteiger partial charge in [-0.3, -0.25) is 0 Å². The maximum absolute atomic E-state index is 13.0. The van der Waals surface area contributed by atoms with Gasteiger partial charge in [-0.25, -0.2) is 4.99 Å². The van der Waals surface area contributed by atoms with Crippen LogP contribution in [-0.4, -0.2) is 58.3 Å². The number of nitrogens with one attached hydrogen (secondary N) is 1. The zero-order valence-electron chi connectivity index (χ0n) is 16.7. The van der Waals surface area contributed by atoms with E-state index in [4.69, 9.17) is 0 Å². The van der Waals surface area contributed by atoms with Crippen molar-refractivity contribution in [2.75, 3.05) is 37.6 Å². The van der Waals surface area contributed by atoms with Gasteiger partial charge in [0.15, 0.2) is 11.8 Å². The van der Waals surface area contributed by atoms with Crippen LogP contribution in [0.4, 0.5) is 18.9 Å². The zero-order chi connectivity index (χ0) is 20.9. The molecule has 0 bridgehead atoms. The van der Waals surface area contributed by atoms with Gasteiger partial charge in [0.25, 0.3) is 0 Å². The van der Waals surface area contributed by atoms with Crippen LogP contribution < -0.4 is 10.2 Å². The molecule has 0 spiro atoms. The van der Waals surface area contributed by atoms with Crippen LogP contribution in [0.5, 0.6) is 0 Å². The van der Waals surface area contributed by atoms with Crippen molar-refractivity contribution < 1.29 is 13.2 Å². The minimum absolute atomic E-state index is 0.421. The molecule has 1 aromatic carbocycles. The molecule has 0 saturated carbocycles. The Labute approximate surface area is 168 Å². The Morgan fingerprint density at radius 1 is 1.17 bits per heavy atom. The molecule has 0 amide bonds. The van der Waals surface area contributed by atoms with Crippen molar-refractivity contribution in [2.24, 2.45) is 4.99 Å².